The quantitative estimate of drug-likeness (QED) is 0.0505. The summed E-state index contributed by atoms with van der Waals surface area (Å²) >= 11 is 0. The van der Waals surface area contributed by atoms with Gasteiger partial charge in [0.15, 0.2) is 0 Å². The summed E-state index contributed by atoms with van der Waals surface area (Å²) in [7, 11) is 0. The van der Waals surface area contributed by atoms with Crippen molar-refractivity contribution in [3.05, 3.63) is 24.3 Å². The van der Waals surface area contributed by atoms with Gasteiger partial charge >= 0.3 is 0 Å². The van der Waals surface area contributed by atoms with E-state index in [-0.39, 0.29) is 12.5 Å². The third-order valence-electron chi connectivity index (χ3n) is 8.69. The van der Waals surface area contributed by atoms with E-state index in [1.54, 1.807) is 6.08 Å². The highest BCUT2D eigenvalue weighted by atomic mass is 16.3. The lowest BCUT2D eigenvalue weighted by molar-refractivity contribution is -0.123. The van der Waals surface area contributed by atoms with E-state index in [0.29, 0.717) is 6.42 Å². The van der Waals surface area contributed by atoms with Crippen LogP contribution in [0.15, 0.2) is 24.3 Å². The molecular formula is C39H75NO3. The Labute approximate surface area is 269 Å². The summed E-state index contributed by atoms with van der Waals surface area (Å²) < 4.78 is 0. The fourth-order valence-electron chi connectivity index (χ4n) is 5.72. The first-order chi connectivity index (χ1) is 21.2. The van der Waals surface area contributed by atoms with Crippen molar-refractivity contribution in [1.29, 1.82) is 0 Å². The molecule has 0 heterocycles. The average Bonchev–Trinajstić information content (AvgIpc) is 3.01. The Hall–Kier alpha value is -1.13. The lowest BCUT2D eigenvalue weighted by Gasteiger charge is -2.19. The second-order valence-corrected chi connectivity index (χ2v) is 13.0. The van der Waals surface area contributed by atoms with E-state index < -0.39 is 12.1 Å². The van der Waals surface area contributed by atoms with Crippen LogP contribution in [0.2, 0.25) is 0 Å². The molecule has 0 aromatic heterocycles. The zero-order chi connectivity index (χ0) is 31.5. The molecule has 0 bridgehead atoms. The van der Waals surface area contributed by atoms with Crippen LogP contribution < -0.4 is 5.32 Å². The van der Waals surface area contributed by atoms with E-state index in [4.69, 9.17) is 0 Å². The van der Waals surface area contributed by atoms with Crippen LogP contribution in [0.3, 0.4) is 0 Å². The molecule has 0 aliphatic rings. The molecule has 254 valence electrons. The molecule has 0 aliphatic heterocycles. The van der Waals surface area contributed by atoms with Crippen molar-refractivity contribution in [1.82, 2.24) is 5.32 Å². The first-order valence-corrected chi connectivity index (χ1v) is 19.1. The summed E-state index contributed by atoms with van der Waals surface area (Å²) in [6.45, 7) is 4.29. The number of amides is 1. The summed E-state index contributed by atoms with van der Waals surface area (Å²) in [6.07, 6.45) is 44.1. The van der Waals surface area contributed by atoms with Crippen molar-refractivity contribution in [3.63, 3.8) is 0 Å². The molecule has 0 aromatic carbocycles. The SMILES string of the molecule is CCCCCCCCCCCCCC/C=C/CC/C=C/C(O)C(CO)NC(=O)CCCCCCCCCCCCCCC. The van der Waals surface area contributed by atoms with Gasteiger partial charge in [-0.05, 0) is 32.1 Å². The first-order valence-electron chi connectivity index (χ1n) is 19.1. The fourth-order valence-corrected chi connectivity index (χ4v) is 5.72. The maximum atomic E-state index is 12.3. The fraction of sp³-hybridized carbons (Fsp3) is 0.872. The highest BCUT2D eigenvalue weighted by molar-refractivity contribution is 5.76. The normalized spacial score (nSPS) is 13.3. The van der Waals surface area contributed by atoms with Crippen LogP contribution in [0.1, 0.15) is 200 Å². The van der Waals surface area contributed by atoms with Crippen molar-refractivity contribution in [2.24, 2.45) is 0 Å². The Kier molecular flexibility index (Phi) is 34.4. The van der Waals surface area contributed by atoms with Crippen molar-refractivity contribution < 1.29 is 15.0 Å². The third-order valence-corrected chi connectivity index (χ3v) is 8.69. The molecule has 0 aromatic rings. The number of hydrogen-bond acceptors (Lipinski definition) is 3. The van der Waals surface area contributed by atoms with Gasteiger partial charge in [0, 0.05) is 6.42 Å². The van der Waals surface area contributed by atoms with Gasteiger partial charge in [-0.3, -0.25) is 4.79 Å². The van der Waals surface area contributed by atoms with E-state index in [1.807, 2.05) is 6.08 Å². The molecule has 0 aliphatic carbocycles. The van der Waals surface area contributed by atoms with Gasteiger partial charge in [-0.1, -0.05) is 186 Å². The number of allylic oxidation sites excluding steroid dienone is 3. The van der Waals surface area contributed by atoms with E-state index in [1.165, 1.54) is 148 Å². The summed E-state index contributed by atoms with van der Waals surface area (Å²) in [6, 6.07) is -0.632. The molecule has 4 heteroatoms. The van der Waals surface area contributed by atoms with Gasteiger partial charge in [0.25, 0.3) is 0 Å². The molecule has 1 amide bonds. The van der Waals surface area contributed by atoms with Crippen LogP contribution in [-0.2, 0) is 4.79 Å². The van der Waals surface area contributed by atoms with Crippen molar-refractivity contribution in [3.8, 4) is 0 Å². The van der Waals surface area contributed by atoms with Gasteiger partial charge < -0.3 is 15.5 Å². The van der Waals surface area contributed by atoms with Gasteiger partial charge in [-0.15, -0.1) is 0 Å². The number of aliphatic hydroxyl groups is 2. The molecule has 0 radical (unpaired) electrons. The summed E-state index contributed by atoms with van der Waals surface area (Å²) in [5.41, 5.74) is 0. The molecular weight excluding hydrogens is 530 g/mol. The summed E-state index contributed by atoms with van der Waals surface area (Å²) in [5.74, 6) is -0.0738. The molecule has 2 unspecified atom stereocenters. The van der Waals surface area contributed by atoms with Crippen molar-refractivity contribution in [2.75, 3.05) is 6.61 Å². The highest BCUT2D eigenvalue weighted by Crippen LogP contribution is 2.14. The number of nitrogens with one attached hydrogen (secondary N) is 1. The van der Waals surface area contributed by atoms with Crippen LogP contribution >= 0.6 is 0 Å². The standard InChI is InChI=1S/C39H75NO3/c1-3-5-7-9-11-13-15-17-18-19-20-21-23-24-26-28-30-32-34-38(42)37(36-41)40-39(43)35-33-31-29-27-25-22-16-14-12-10-8-6-4-2/h24,26,32,34,37-38,41-42H,3-23,25,27-31,33,35-36H2,1-2H3,(H,40,43)/b26-24+,34-32+. The third kappa shape index (κ3) is 32.1. The maximum Gasteiger partial charge on any atom is 0.220 e. The minimum absolute atomic E-state index is 0.0738. The zero-order valence-electron chi connectivity index (χ0n) is 29.0. The predicted molar refractivity (Wildman–Crippen MR) is 189 cm³/mol. The zero-order valence-corrected chi connectivity index (χ0v) is 29.0. The number of hydrogen-bond donors (Lipinski definition) is 3. The van der Waals surface area contributed by atoms with Gasteiger partial charge in [-0.25, -0.2) is 0 Å². The van der Waals surface area contributed by atoms with E-state index >= 15 is 0 Å². The van der Waals surface area contributed by atoms with Crippen molar-refractivity contribution >= 4 is 5.91 Å². The Morgan fingerprint density at radius 3 is 1.35 bits per heavy atom. The molecule has 0 spiro atoms. The smallest absolute Gasteiger partial charge is 0.220 e. The number of carbonyl (C=O) groups is 1. The molecule has 0 saturated carbocycles. The second kappa shape index (κ2) is 35.4. The monoisotopic (exact) mass is 606 g/mol. The summed E-state index contributed by atoms with van der Waals surface area (Å²) in [5, 5.41) is 22.9. The Morgan fingerprint density at radius 2 is 0.907 bits per heavy atom. The molecule has 0 saturated heterocycles. The van der Waals surface area contributed by atoms with Crippen LogP contribution in [0, 0.1) is 0 Å². The van der Waals surface area contributed by atoms with Gasteiger partial charge in [-0.2, -0.15) is 0 Å². The second-order valence-electron chi connectivity index (χ2n) is 13.0. The largest absolute Gasteiger partial charge is 0.394 e. The first kappa shape index (κ1) is 41.9. The molecule has 0 rings (SSSR count). The molecule has 3 N–H and O–H groups in total. The lowest BCUT2D eigenvalue weighted by Crippen LogP contribution is -2.45. The average molecular weight is 606 g/mol. The van der Waals surface area contributed by atoms with Crippen LogP contribution in [-0.4, -0.2) is 34.9 Å². The van der Waals surface area contributed by atoms with Crippen LogP contribution in [0.25, 0.3) is 0 Å². The van der Waals surface area contributed by atoms with Crippen molar-refractivity contribution in [2.45, 2.75) is 212 Å². The van der Waals surface area contributed by atoms with Crippen LogP contribution in [0.5, 0.6) is 0 Å². The van der Waals surface area contributed by atoms with E-state index in [2.05, 4.69) is 31.3 Å². The van der Waals surface area contributed by atoms with Gasteiger partial charge in [0.1, 0.15) is 0 Å². The topological polar surface area (TPSA) is 69.6 Å². The minimum Gasteiger partial charge on any atom is -0.394 e. The van der Waals surface area contributed by atoms with Gasteiger partial charge in [0.2, 0.25) is 5.91 Å². The van der Waals surface area contributed by atoms with E-state index in [0.717, 1.165) is 32.1 Å². The Bertz CT molecular complexity index is 618. The summed E-state index contributed by atoms with van der Waals surface area (Å²) in [4.78, 5) is 12.3. The predicted octanol–water partition coefficient (Wildman–Crippen LogP) is 11.3. The molecule has 0 fully saturated rings. The minimum atomic E-state index is -0.856. The highest BCUT2D eigenvalue weighted by Gasteiger charge is 2.17. The maximum absolute atomic E-state index is 12.3. The molecule has 43 heavy (non-hydrogen) atoms. The van der Waals surface area contributed by atoms with Crippen LogP contribution in [0.4, 0.5) is 0 Å². The Morgan fingerprint density at radius 1 is 0.535 bits per heavy atom. The Balaban J connectivity index is 3.64. The number of aliphatic hydroxyl groups excluding tert-OH is 2. The number of carbonyl (C=O) groups excluding carboxylic acids is 1. The molecule has 2 atom stereocenters. The van der Waals surface area contributed by atoms with Gasteiger partial charge in [0.05, 0.1) is 18.8 Å². The number of rotatable bonds is 34. The number of unbranched alkanes of at least 4 members (excludes halogenated alkanes) is 25. The molecule has 4 nitrogen and oxygen atoms in total. The van der Waals surface area contributed by atoms with E-state index in [9.17, 15) is 15.0 Å². The lowest BCUT2D eigenvalue weighted by atomic mass is 10.0.